The minimum absolute atomic E-state index is 0.0891. The Morgan fingerprint density at radius 3 is 2.31 bits per heavy atom. The Hall–Kier alpha value is -3.03. The Labute approximate surface area is 187 Å². The molecule has 32 heavy (non-hydrogen) atoms. The molecule has 5 nitrogen and oxygen atoms in total. The lowest BCUT2D eigenvalue weighted by Gasteiger charge is -2.38. The fourth-order valence-electron chi connectivity index (χ4n) is 4.13. The van der Waals surface area contributed by atoms with Crippen molar-refractivity contribution in [3.63, 3.8) is 0 Å². The van der Waals surface area contributed by atoms with Gasteiger partial charge < -0.3 is 5.32 Å². The van der Waals surface area contributed by atoms with Gasteiger partial charge in [-0.25, -0.2) is 12.8 Å². The maximum atomic E-state index is 13.5. The van der Waals surface area contributed by atoms with Crippen LogP contribution in [0.5, 0.6) is 0 Å². The van der Waals surface area contributed by atoms with Gasteiger partial charge in [0.05, 0.1) is 16.9 Å². The molecule has 2 unspecified atom stereocenters. The lowest BCUT2D eigenvalue weighted by molar-refractivity contribution is -0.126. The number of sulfonamides is 1. The maximum absolute atomic E-state index is 13.5. The molecule has 4 rings (SSSR count). The van der Waals surface area contributed by atoms with Gasteiger partial charge in [-0.05, 0) is 48.2 Å². The molecule has 1 heterocycles. The van der Waals surface area contributed by atoms with Crippen molar-refractivity contribution in [2.24, 2.45) is 5.92 Å². The predicted octanol–water partition coefficient (Wildman–Crippen LogP) is 4.28. The highest BCUT2D eigenvalue weighted by Crippen LogP contribution is 2.37. The number of rotatable bonds is 6. The Balaban J connectivity index is 1.56. The van der Waals surface area contributed by atoms with E-state index in [2.05, 4.69) is 5.32 Å². The Morgan fingerprint density at radius 2 is 1.62 bits per heavy atom. The molecule has 2 atom stereocenters. The molecule has 0 spiro atoms. The van der Waals surface area contributed by atoms with E-state index in [1.165, 1.54) is 16.4 Å². The highest BCUT2D eigenvalue weighted by Gasteiger charge is 2.39. The molecule has 1 saturated heterocycles. The molecule has 0 aromatic heterocycles. The molecule has 0 saturated carbocycles. The number of nitrogens with one attached hydrogen (secondary N) is 1. The summed E-state index contributed by atoms with van der Waals surface area (Å²) < 4.78 is 41.9. The van der Waals surface area contributed by atoms with Crippen LogP contribution in [0.15, 0.2) is 89.8 Å². The van der Waals surface area contributed by atoms with Crippen molar-refractivity contribution in [1.82, 2.24) is 9.62 Å². The van der Waals surface area contributed by atoms with Crippen molar-refractivity contribution in [3.8, 4) is 0 Å². The number of nitrogens with zero attached hydrogens (tertiary/aromatic N) is 1. The molecule has 166 valence electrons. The summed E-state index contributed by atoms with van der Waals surface area (Å²) in [5.41, 5.74) is 1.57. The Bertz CT molecular complexity index is 1170. The summed E-state index contributed by atoms with van der Waals surface area (Å²) >= 11 is 0. The first-order chi connectivity index (χ1) is 15.4. The second-order valence-electron chi connectivity index (χ2n) is 7.94. The van der Waals surface area contributed by atoms with E-state index in [1.54, 1.807) is 42.5 Å². The molecule has 0 aliphatic carbocycles. The molecular weight excluding hydrogens is 427 g/mol. The van der Waals surface area contributed by atoms with E-state index in [0.717, 1.165) is 5.56 Å². The molecule has 7 heteroatoms. The average Bonchev–Trinajstić information content (AvgIpc) is 2.83. The second kappa shape index (κ2) is 9.63. The molecule has 1 fully saturated rings. The molecule has 3 aromatic rings. The van der Waals surface area contributed by atoms with E-state index in [-0.39, 0.29) is 35.8 Å². The van der Waals surface area contributed by atoms with Gasteiger partial charge in [0.1, 0.15) is 5.82 Å². The summed E-state index contributed by atoms with van der Waals surface area (Å²) in [6, 6.07) is 23.5. The Morgan fingerprint density at radius 1 is 0.938 bits per heavy atom. The lowest BCUT2D eigenvalue weighted by Crippen LogP contribution is -2.46. The van der Waals surface area contributed by atoms with Crippen LogP contribution in [0.25, 0.3) is 0 Å². The number of carbonyl (C=O) groups excluding carboxylic acids is 1. The van der Waals surface area contributed by atoms with Crippen LogP contribution in [-0.4, -0.2) is 25.2 Å². The number of hydrogen-bond acceptors (Lipinski definition) is 3. The second-order valence-corrected chi connectivity index (χ2v) is 9.83. The van der Waals surface area contributed by atoms with E-state index >= 15 is 0 Å². The zero-order valence-corrected chi connectivity index (χ0v) is 18.3. The van der Waals surface area contributed by atoms with Crippen molar-refractivity contribution in [2.75, 3.05) is 6.54 Å². The number of amides is 1. The van der Waals surface area contributed by atoms with Gasteiger partial charge in [-0.3, -0.25) is 4.79 Å². The smallest absolute Gasteiger partial charge is 0.243 e. The van der Waals surface area contributed by atoms with Gasteiger partial charge in [0.2, 0.25) is 15.9 Å². The zero-order valence-electron chi connectivity index (χ0n) is 17.5. The Kier molecular flexibility index (Phi) is 6.67. The molecule has 0 radical (unpaired) electrons. The minimum Gasteiger partial charge on any atom is -0.352 e. The van der Waals surface area contributed by atoms with E-state index < -0.39 is 15.9 Å². The fraction of sp³-hybridized carbons (Fsp3) is 0.240. The highest BCUT2D eigenvalue weighted by molar-refractivity contribution is 7.89. The van der Waals surface area contributed by atoms with Crippen molar-refractivity contribution >= 4 is 15.9 Å². The molecule has 1 aliphatic heterocycles. The summed E-state index contributed by atoms with van der Waals surface area (Å²) in [6.45, 7) is 0.284. The van der Waals surface area contributed by atoms with Crippen LogP contribution >= 0.6 is 0 Å². The molecule has 1 amide bonds. The SMILES string of the molecule is O=C(NCc1cccc(F)c1)C1CCC(c2ccccc2)N(S(=O)(=O)c2ccccc2)C1. The van der Waals surface area contributed by atoms with Gasteiger partial charge in [0, 0.05) is 13.1 Å². The number of piperidine rings is 1. The minimum atomic E-state index is -3.79. The third kappa shape index (κ3) is 4.89. The first-order valence-electron chi connectivity index (χ1n) is 10.6. The van der Waals surface area contributed by atoms with E-state index in [1.807, 2.05) is 30.3 Å². The number of benzene rings is 3. The molecule has 3 aromatic carbocycles. The van der Waals surface area contributed by atoms with Gasteiger partial charge in [0.25, 0.3) is 0 Å². The monoisotopic (exact) mass is 452 g/mol. The first-order valence-corrected chi connectivity index (χ1v) is 12.0. The third-order valence-electron chi connectivity index (χ3n) is 5.80. The predicted molar refractivity (Wildman–Crippen MR) is 120 cm³/mol. The van der Waals surface area contributed by atoms with E-state index in [9.17, 15) is 17.6 Å². The topological polar surface area (TPSA) is 66.5 Å². The molecular formula is C25H25FN2O3S. The molecule has 1 N–H and O–H groups in total. The van der Waals surface area contributed by atoms with Crippen LogP contribution < -0.4 is 5.32 Å². The average molecular weight is 453 g/mol. The van der Waals surface area contributed by atoms with Gasteiger partial charge in [-0.1, -0.05) is 60.7 Å². The van der Waals surface area contributed by atoms with Gasteiger partial charge in [-0.15, -0.1) is 0 Å². The van der Waals surface area contributed by atoms with Gasteiger partial charge in [-0.2, -0.15) is 4.31 Å². The molecule has 0 bridgehead atoms. The summed E-state index contributed by atoms with van der Waals surface area (Å²) in [4.78, 5) is 13.1. The van der Waals surface area contributed by atoms with Crippen molar-refractivity contribution in [2.45, 2.75) is 30.3 Å². The summed E-state index contributed by atoms with van der Waals surface area (Å²) in [5.74, 6) is -1.07. The number of halogens is 1. The number of carbonyl (C=O) groups is 1. The third-order valence-corrected chi connectivity index (χ3v) is 7.69. The van der Waals surface area contributed by atoms with E-state index in [0.29, 0.717) is 18.4 Å². The van der Waals surface area contributed by atoms with E-state index in [4.69, 9.17) is 0 Å². The van der Waals surface area contributed by atoms with Crippen molar-refractivity contribution in [1.29, 1.82) is 0 Å². The maximum Gasteiger partial charge on any atom is 0.243 e. The van der Waals surface area contributed by atoms with Crippen LogP contribution in [0.1, 0.15) is 30.0 Å². The zero-order chi connectivity index (χ0) is 22.6. The fourth-order valence-corrected chi connectivity index (χ4v) is 5.85. The summed E-state index contributed by atoms with van der Waals surface area (Å²) in [7, 11) is -3.79. The summed E-state index contributed by atoms with van der Waals surface area (Å²) in [6.07, 6.45) is 1.10. The van der Waals surface area contributed by atoms with Crippen molar-refractivity contribution < 1.29 is 17.6 Å². The highest BCUT2D eigenvalue weighted by atomic mass is 32.2. The molecule has 1 aliphatic rings. The van der Waals surface area contributed by atoms with Crippen LogP contribution in [0, 0.1) is 11.7 Å². The van der Waals surface area contributed by atoms with Crippen LogP contribution in [0.3, 0.4) is 0 Å². The number of hydrogen-bond donors (Lipinski definition) is 1. The normalized spacial score (nSPS) is 19.4. The van der Waals surface area contributed by atoms with Crippen molar-refractivity contribution in [3.05, 3.63) is 102 Å². The largest absolute Gasteiger partial charge is 0.352 e. The van der Waals surface area contributed by atoms with Gasteiger partial charge >= 0.3 is 0 Å². The van der Waals surface area contributed by atoms with Crippen LogP contribution in [-0.2, 0) is 21.4 Å². The van der Waals surface area contributed by atoms with Crippen LogP contribution in [0.4, 0.5) is 4.39 Å². The quantitative estimate of drug-likeness (QED) is 0.607. The first kappa shape index (κ1) is 22.2. The lowest BCUT2D eigenvalue weighted by atomic mass is 9.90. The van der Waals surface area contributed by atoms with Crippen LogP contribution in [0.2, 0.25) is 0 Å². The summed E-state index contributed by atoms with van der Waals surface area (Å²) in [5, 5.41) is 2.84. The standard InChI is InChI=1S/C25H25FN2O3S/c26-22-11-7-8-19(16-22)17-27-25(29)21-14-15-24(20-9-3-1-4-10-20)28(18-21)32(30,31)23-12-5-2-6-13-23/h1-13,16,21,24H,14-15,17-18H2,(H,27,29). The van der Waals surface area contributed by atoms with Gasteiger partial charge in [0.15, 0.2) is 0 Å².